The first-order chi connectivity index (χ1) is 11.6. The molecule has 1 atom stereocenters. The number of hydrogen-bond donors (Lipinski definition) is 3. The summed E-state index contributed by atoms with van der Waals surface area (Å²) < 4.78 is 0. The molecule has 5 heteroatoms. The number of fused-ring (bicyclic) bond motifs is 2. The van der Waals surface area contributed by atoms with Crippen molar-refractivity contribution in [3.8, 4) is 11.5 Å². The fraction of sp³-hybridized carbons (Fsp3) is 0.526. The van der Waals surface area contributed by atoms with Gasteiger partial charge in [0.05, 0.1) is 5.52 Å². The van der Waals surface area contributed by atoms with E-state index in [1.807, 2.05) is 0 Å². The van der Waals surface area contributed by atoms with E-state index in [4.69, 9.17) is 4.98 Å². The van der Waals surface area contributed by atoms with Gasteiger partial charge in [-0.1, -0.05) is 0 Å². The molecule has 0 bridgehead atoms. The third kappa shape index (κ3) is 2.77. The van der Waals surface area contributed by atoms with Crippen LogP contribution in [0.1, 0.15) is 36.9 Å². The Labute approximate surface area is 142 Å². The van der Waals surface area contributed by atoms with Crippen LogP contribution in [0.2, 0.25) is 0 Å². The zero-order chi connectivity index (χ0) is 16.7. The molecule has 1 aliphatic carbocycles. The van der Waals surface area contributed by atoms with Crippen molar-refractivity contribution in [2.24, 2.45) is 0 Å². The third-order valence-corrected chi connectivity index (χ3v) is 5.41. The number of nitrogens with zero attached hydrogens (tertiary/aromatic N) is 2. The first-order valence-corrected chi connectivity index (χ1v) is 8.94. The molecule has 4 rings (SSSR count). The van der Waals surface area contributed by atoms with E-state index in [9.17, 15) is 10.2 Å². The van der Waals surface area contributed by atoms with Gasteiger partial charge in [0.1, 0.15) is 0 Å². The highest BCUT2D eigenvalue weighted by Gasteiger charge is 2.23. The van der Waals surface area contributed by atoms with E-state index in [2.05, 4.69) is 17.3 Å². The number of aryl methyl sites for hydroxylation is 1. The van der Waals surface area contributed by atoms with E-state index >= 15 is 0 Å². The van der Waals surface area contributed by atoms with Crippen LogP contribution in [0.15, 0.2) is 12.1 Å². The molecule has 0 spiro atoms. The number of aromatic hydroxyl groups is 2. The van der Waals surface area contributed by atoms with Gasteiger partial charge in [0.2, 0.25) is 0 Å². The van der Waals surface area contributed by atoms with Crippen molar-refractivity contribution >= 4 is 16.6 Å². The Bertz CT molecular complexity index is 775. The van der Waals surface area contributed by atoms with Crippen LogP contribution in [0, 0.1) is 0 Å². The number of anilines is 1. The van der Waals surface area contributed by atoms with Crippen LogP contribution in [-0.4, -0.2) is 46.3 Å². The van der Waals surface area contributed by atoms with E-state index in [1.165, 1.54) is 12.0 Å². The first kappa shape index (κ1) is 15.5. The number of phenolic OH excluding ortho intramolecular Hbond substituents is 2. The van der Waals surface area contributed by atoms with Crippen molar-refractivity contribution in [2.45, 2.75) is 44.6 Å². The second kappa shape index (κ2) is 6.13. The predicted molar refractivity (Wildman–Crippen MR) is 95.9 cm³/mol. The number of rotatable bonds is 2. The van der Waals surface area contributed by atoms with Crippen molar-refractivity contribution < 1.29 is 10.2 Å². The Morgan fingerprint density at radius 2 is 1.92 bits per heavy atom. The molecule has 128 valence electrons. The van der Waals surface area contributed by atoms with Crippen LogP contribution in [0.4, 0.5) is 5.69 Å². The van der Waals surface area contributed by atoms with Crippen LogP contribution in [0.5, 0.6) is 11.5 Å². The maximum absolute atomic E-state index is 9.96. The second-order valence-corrected chi connectivity index (χ2v) is 7.20. The van der Waals surface area contributed by atoms with Gasteiger partial charge >= 0.3 is 0 Å². The van der Waals surface area contributed by atoms with Gasteiger partial charge in [-0.3, -0.25) is 4.98 Å². The summed E-state index contributed by atoms with van der Waals surface area (Å²) in [4.78, 5) is 7.11. The summed E-state index contributed by atoms with van der Waals surface area (Å²) >= 11 is 0. The molecule has 1 aromatic heterocycles. The Morgan fingerprint density at radius 3 is 2.79 bits per heavy atom. The molecule has 0 saturated carbocycles. The lowest BCUT2D eigenvalue weighted by molar-refractivity contribution is 0.348. The van der Waals surface area contributed by atoms with Gasteiger partial charge in [0.15, 0.2) is 11.5 Å². The summed E-state index contributed by atoms with van der Waals surface area (Å²) in [6.07, 6.45) is 6.64. The minimum Gasteiger partial charge on any atom is -0.504 e. The van der Waals surface area contributed by atoms with Crippen molar-refractivity contribution in [2.75, 3.05) is 25.5 Å². The van der Waals surface area contributed by atoms with Gasteiger partial charge in [-0.15, -0.1) is 0 Å². The molecule has 1 aliphatic heterocycles. The summed E-state index contributed by atoms with van der Waals surface area (Å²) in [5.74, 6) is -0.180. The van der Waals surface area contributed by atoms with Crippen LogP contribution < -0.4 is 5.32 Å². The van der Waals surface area contributed by atoms with Gasteiger partial charge < -0.3 is 20.4 Å². The van der Waals surface area contributed by atoms with Gasteiger partial charge in [-0.2, -0.15) is 0 Å². The lowest BCUT2D eigenvalue weighted by Gasteiger charge is -2.22. The number of pyridine rings is 1. The molecule has 2 aliphatic rings. The normalized spacial score (nSPS) is 21.6. The van der Waals surface area contributed by atoms with Crippen molar-refractivity contribution in [3.05, 3.63) is 23.4 Å². The molecule has 0 radical (unpaired) electrons. The Morgan fingerprint density at radius 1 is 1.08 bits per heavy atom. The molecule has 0 unspecified atom stereocenters. The molecule has 2 heterocycles. The van der Waals surface area contributed by atoms with Gasteiger partial charge in [-0.05, 0) is 70.3 Å². The van der Waals surface area contributed by atoms with Gasteiger partial charge in [0.25, 0.3) is 0 Å². The monoisotopic (exact) mass is 327 g/mol. The zero-order valence-electron chi connectivity index (χ0n) is 14.2. The summed E-state index contributed by atoms with van der Waals surface area (Å²) in [5, 5.41) is 24.5. The summed E-state index contributed by atoms with van der Waals surface area (Å²) in [6.45, 7) is 2.26. The number of nitrogens with one attached hydrogen (secondary N) is 1. The third-order valence-electron chi connectivity index (χ3n) is 5.41. The van der Waals surface area contributed by atoms with Gasteiger partial charge in [-0.25, -0.2) is 0 Å². The summed E-state index contributed by atoms with van der Waals surface area (Å²) in [7, 11) is 2.18. The molecule has 5 nitrogen and oxygen atoms in total. The highest BCUT2D eigenvalue weighted by Crippen LogP contribution is 2.39. The average Bonchev–Trinajstić information content (AvgIpc) is 2.92. The Balaban J connectivity index is 1.76. The maximum atomic E-state index is 9.96. The molecule has 1 fully saturated rings. The van der Waals surface area contributed by atoms with Crippen molar-refractivity contribution in [1.82, 2.24) is 9.88 Å². The minimum atomic E-state index is -0.102. The highest BCUT2D eigenvalue weighted by molar-refractivity contribution is 5.96. The van der Waals surface area contributed by atoms with Crippen LogP contribution in [-0.2, 0) is 12.8 Å². The first-order valence-electron chi connectivity index (χ1n) is 8.94. The quantitative estimate of drug-likeness (QED) is 0.740. The van der Waals surface area contributed by atoms with Crippen molar-refractivity contribution in [1.29, 1.82) is 0 Å². The number of aromatic nitrogens is 1. The van der Waals surface area contributed by atoms with Crippen LogP contribution in [0.25, 0.3) is 10.9 Å². The van der Waals surface area contributed by atoms with E-state index in [0.717, 1.165) is 67.5 Å². The van der Waals surface area contributed by atoms with Crippen LogP contribution in [0.3, 0.4) is 0 Å². The fourth-order valence-corrected chi connectivity index (χ4v) is 4.04. The molecule has 3 N–H and O–H groups in total. The van der Waals surface area contributed by atoms with Crippen LogP contribution >= 0.6 is 0 Å². The number of likely N-dealkylation sites (tertiary alicyclic amines) is 1. The summed E-state index contributed by atoms with van der Waals surface area (Å²) in [5.41, 5.74) is 4.32. The molecule has 1 aromatic carbocycles. The molecular weight excluding hydrogens is 302 g/mol. The van der Waals surface area contributed by atoms with E-state index in [-0.39, 0.29) is 11.5 Å². The molecule has 24 heavy (non-hydrogen) atoms. The fourth-order valence-electron chi connectivity index (χ4n) is 4.04. The zero-order valence-corrected chi connectivity index (χ0v) is 14.2. The predicted octanol–water partition coefficient (Wildman–Crippen LogP) is 3.03. The van der Waals surface area contributed by atoms with E-state index in [0.29, 0.717) is 6.04 Å². The Kier molecular flexibility index (Phi) is 3.96. The van der Waals surface area contributed by atoms with Crippen molar-refractivity contribution in [3.63, 3.8) is 0 Å². The lowest BCUT2D eigenvalue weighted by atomic mass is 10.0. The standard InChI is InChI=1S/C19H25N3O2/c1-22-8-3-4-12(7-9-22)20-19-13-5-2-6-15(13)21-16-11-18(24)17(23)10-14(16)19/h10-12,23-24H,2-9H2,1H3,(H,20,21)/t12-/m0/s1. The number of hydrogen-bond acceptors (Lipinski definition) is 5. The average molecular weight is 327 g/mol. The Hall–Kier alpha value is -2.01. The van der Waals surface area contributed by atoms with Gasteiger partial charge in [0, 0.05) is 28.9 Å². The maximum Gasteiger partial charge on any atom is 0.159 e. The lowest BCUT2D eigenvalue weighted by Crippen LogP contribution is -2.23. The molecule has 2 aromatic rings. The number of benzene rings is 1. The van der Waals surface area contributed by atoms with E-state index < -0.39 is 0 Å². The topological polar surface area (TPSA) is 68.6 Å². The molecule has 0 amide bonds. The number of phenols is 2. The highest BCUT2D eigenvalue weighted by atomic mass is 16.3. The second-order valence-electron chi connectivity index (χ2n) is 7.20. The van der Waals surface area contributed by atoms with E-state index in [1.54, 1.807) is 12.1 Å². The largest absolute Gasteiger partial charge is 0.504 e. The molecule has 1 saturated heterocycles. The smallest absolute Gasteiger partial charge is 0.159 e. The minimum absolute atomic E-state index is 0.0779. The summed E-state index contributed by atoms with van der Waals surface area (Å²) in [6, 6.07) is 3.68. The SMILES string of the molecule is CN1CCC[C@H](Nc2c3c(nc4cc(O)c(O)cc24)CCC3)CC1. The molecular formula is C19H25N3O2.